The summed E-state index contributed by atoms with van der Waals surface area (Å²) in [6, 6.07) is 15.1. The smallest absolute Gasteiger partial charge is 0.127 e. The first-order chi connectivity index (χ1) is 9.35. The van der Waals surface area contributed by atoms with E-state index in [1.807, 2.05) is 12.1 Å². The molecule has 0 radical (unpaired) electrons. The third-order valence-corrected chi connectivity index (χ3v) is 3.53. The zero-order valence-electron chi connectivity index (χ0n) is 11.9. The van der Waals surface area contributed by atoms with Crippen LogP contribution in [0.15, 0.2) is 42.5 Å². The van der Waals surface area contributed by atoms with Gasteiger partial charge < -0.3 is 10.1 Å². The molecule has 1 N–H and O–H groups in total. The molecule has 0 unspecified atom stereocenters. The molecule has 0 aliphatic rings. The number of ether oxygens (including phenoxy) is 1. The molecular weight excluding hydrogens is 234 g/mol. The Morgan fingerprint density at radius 1 is 1.00 bits per heavy atom. The van der Waals surface area contributed by atoms with Gasteiger partial charge in [-0.1, -0.05) is 50.2 Å². The number of hydrogen-bond acceptors (Lipinski definition) is 2. The lowest BCUT2D eigenvalue weighted by Crippen LogP contribution is -2.31. The van der Waals surface area contributed by atoms with Gasteiger partial charge in [0.25, 0.3) is 0 Å². The van der Waals surface area contributed by atoms with Crippen molar-refractivity contribution >= 4 is 10.8 Å². The Balaban J connectivity index is 1.91. The largest absolute Gasteiger partial charge is 0.492 e. The third kappa shape index (κ3) is 3.71. The van der Waals surface area contributed by atoms with E-state index in [9.17, 15) is 0 Å². The molecular formula is C17H23NO. The van der Waals surface area contributed by atoms with E-state index in [1.165, 1.54) is 23.6 Å². The van der Waals surface area contributed by atoms with Gasteiger partial charge in [0.15, 0.2) is 0 Å². The number of benzene rings is 2. The SMILES string of the molecule is CCC(CC)NCCOc1cccc2ccccc12. The first-order valence-electron chi connectivity index (χ1n) is 7.19. The van der Waals surface area contributed by atoms with Crippen molar-refractivity contribution in [2.75, 3.05) is 13.2 Å². The van der Waals surface area contributed by atoms with Crippen molar-refractivity contribution in [3.8, 4) is 5.75 Å². The number of nitrogens with one attached hydrogen (secondary N) is 1. The van der Waals surface area contributed by atoms with Gasteiger partial charge in [-0.15, -0.1) is 0 Å². The molecule has 2 nitrogen and oxygen atoms in total. The summed E-state index contributed by atoms with van der Waals surface area (Å²) in [5.41, 5.74) is 0. The molecule has 0 fully saturated rings. The van der Waals surface area contributed by atoms with E-state index in [1.54, 1.807) is 0 Å². The summed E-state index contributed by atoms with van der Waals surface area (Å²) < 4.78 is 5.90. The normalized spacial score (nSPS) is 11.1. The Hall–Kier alpha value is -1.54. The summed E-state index contributed by atoms with van der Waals surface area (Å²) in [7, 11) is 0. The van der Waals surface area contributed by atoms with E-state index in [-0.39, 0.29) is 0 Å². The Bertz CT molecular complexity index is 500. The van der Waals surface area contributed by atoms with Crippen molar-refractivity contribution in [3.05, 3.63) is 42.5 Å². The van der Waals surface area contributed by atoms with Gasteiger partial charge in [-0.2, -0.15) is 0 Å². The molecule has 2 aromatic carbocycles. The molecule has 0 bridgehead atoms. The summed E-state index contributed by atoms with van der Waals surface area (Å²) in [6.45, 7) is 6.04. The highest BCUT2D eigenvalue weighted by atomic mass is 16.5. The van der Waals surface area contributed by atoms with Gasteiger partial charge >= 0.3 is 0 Å². The minimum atomic E-state index is 0.608. The van der Waals surface area contributed by atoms with E-state index < -0.39 is 0 Å². The van der Waals surface area contributed by atoms with Gasteiger partial charge in [0.05, 0.1) is 0 Å². The fourth-order valence-corrected chi connectivity index (χ4v) is 2.32. The number of rotatable bonds is 7. The van der Waals surface area contributed by atoms with Crippen LogP contribution in [-0.4, -0.2) is 19.2 Å². The van der Waals surface area contributed by atoms with E-state index in [0.29, 0.717) is 12.6 Å². The van der Waals surface area contributed by atoms with Crippen LogP contribution in [0.3, 0.4) is 0 Å². The second-order valence-electron chi connectivity index (χ2n) is 4.79. The molecule has 0 aromatic heterocycles. The molecule has 0 atom stereocenters. The van der Waals surface area contributed by atoms with E-state index in [0.717, 1.165) is 12.3 Å². The van der Waals surface area contributed by atoms with Gasteiger partial charge in [-0.3, -0.25) is 0 Å². The fraction of sp³-hybridized carbons (Fsp3) is 0.412. The van der Waals surface area contributed by atoms with E-state index >= 15 is 0 Å². The minimum absolute atomic E-state index is 0.608. The number of hydrogen-bond donors (Lipinski definition) is 1. The van der Waals surface area contributed by atoms with Gasteiger partial charge in [-0.05, 0) is 24.3 Å². The number of fused-ring (bicyclic) bond motifs is 1. The highest BCUT2D eigenvalue weighted by Crippen LogP contribution is 2.24. The maximum Gasteiger partial charge on any atom is 0.127 e. The van der Waals surface area contributed by atoms with Crippen molar-refractivity contribution in [1.82, 2.24) is 5.32 Å². The van der Waals surface area contributed by atoms with Crippen LogP contribution in [0.25, 0.3) is 10.8 Å². The Labute approximate surface area is 115 Å². The first-order valence-corrected chi connectivity index (χ1v) is 7.19. The monoisotopic (exact) mass is 257 g/mol. The van der Waals surface area contributed by atoms with Gasteiger partial charge in [0.1, 0.15) is 12.4 Å². The molecule has 102 valence electrons. The molecule has 0 heterocycles. The highest BCUT2D eigenvalue weighted by molar-refractivity contribution is 5.88. The maximum absolute atomic E-state index is 5.90. The molecule has 2 heteroatoms. The van der Waals surface area contributed by atoms with Gasteiger partial charge in [0.2, 0.25) is 0 Å². The lowest BCUT2D eigenvalue weighted by atomic mass is 10.1. The van der Waals surface area contributed by atoms with Crippen molar-refractivity contribution in [3.63, 3.8) is 0 Å². The molecule has 0 saturated heterocycles. The zero-order valence-corrected chi connectivity index (χ0v) is 11.9. The molecule has 0 aliphatic carbocycles. The maximum atomic E-state index is 5.90. The van der Waals surface area contributed by atoms with E-state index in [4.69, 9.17) is 4.74 Å². The summed E-state index contributed by atoms with van der Waals surface area (Å²) in [4.78, 5) is 0. The quantitative estimate of drug-likeness (QED) is 0.757. The van der Waals surface area contributed by atoms with Crippen LogP contribution in [0.5, 0.6) is 5.75 Å². The molecule has 0 saturated carbocycles. The topological polar surface area (TPSA) is 21.3 Å². The van der Waals surface area contributed by atoms with Crippen LogP contribution in [0.4, 0.5) is 0 Å². The van der Waals surface area contributed by atoms with Crippen molar-refractivity contribution < 1.29 is 4.74 Å². The van der Waals surface area contributed by atoms with Crippen LogP contribution >= 0.6 is 0 Å². The van der Waals surface area contributed by atoms with Crippen LogP contribution in [0.1, 0.15) is 26.7 Å². The molecule has 0 amide bonds. The highest BCUT2D eigenvalue weighted by Gasteiger charge is 2.03. The second kappa shape index (κ2) is 7.15. The van der Waals surface area contributed by atoms with E-state index in [2.05, 4.69) is 49.5 Å². The Morgan fingerprint density at radius 2 is 1.74 bits per heavy atom. The molecule has 0 aliphatic heterocycles. The summed E-state index contributed by atoms with van der Waals surface area (Å²) >= 11 is 0. The molecule has 2 aromatic rings. The Morgan fingerprint density at radius 3 is 2.53 bits per heavy atom. The average molecular weight is 257 g/mol. The summed E-state index contributed by atoms with van der Waals surface area (Å²) in [6.07, 6.45) is 2.34. The standard InChI is InChI=1S/C17H23NO/c1-3-15(4-2)18-12-13-19-17-11-7-9-14-8-5-6-10-16(14)17/h5-11,15,18H,3-4,12-13H2,1-2H3. The minimum Gasteiger partial charge on any atom is -0.492 e. The molecule has 19 heavy (non-hydrogen) atoms. The van der Waals surface area contributed by atoms with Crippen molar-refractivity contribution in [2.24, 2.45) is 0 Å². The lowest BCUT2D eigenvalue weighted by Gasteiger charge is -2.15. The second-order valence-corrected chi connectivity index (χ2v) is 4.79. The van der Waals surface area contributed by atoms with Crippen molar-refractivity contribution in [1.29, 1.82) is 0 Å². The fourth-order valence-electron chi connectivity index (χ4n) is 2.32. The Kier molecular flexibility index (Phi) is 5.22. The predicted octanol–water partition coefficient (Wildman–Crippen LogP) is 4.00. The molecule has 2 rings (SSSR count). The first kappa shape index (κ1) is 13.9. The summed E-state index contributed by atoms with van der Waals surface area (Å²) in [5.74, 6) is 0.976. The van der Waals surface area contributed by atoms with Gasteiger partial charge in [0, 0.05) is 18.0 Å². The zero-order chi connectivity index (χ0) is 13.5. The third-order valence-electron chi connectivity index (χ3n) is 3.53. The predicted molar refractivity (Wildman–Crippen MR) is 81.8 cm³/mol. The van der Waals surface area contributed by atoms with Crippen LogP contribution in [0.2, 0.25) is 0 Å². The molecule has 0 spiro atoms. The van der Waals surface area contributed by atoms with Crippen LogP contribution in [0, 0.1) is 0 Å². The van der Waals surface area contributed by atoms with Crippen molar-refractivity contribution in [2.45, 2.75) is 32.7 Å². The van der Waals surface area contributed by atoms with Gasteiger partial charge in [-0.25, -0.2) is 0 Å². The lowest BCUT2D eigenvalue weighted by molar-refractivity contribution is 0.305. The summed E-state index contributed by atoms with van der Waals surface area (Å²) in [5, 5.41) is 5.93. The average Bonchev–Trinajstić information content (AvgIpc) is 2.47. The van der Waals surface area contributed by atoms with Crippen LogP contribution in [-0.2, 0) is 0 Å². The van der Waals surface area contributed by atoms with Crippen LogP contribution < -0.4 is 10.1 Å².